The zero-order valence-corrected chi connectivity index (χ0v) is 15.8. The molecular formula is C17H20N4O6S. The van der Waals surface area contributed by atoms with Crippen molar-refractivity contribution in [3.05, 3.63) is 30.1 Å². The third-order valence-corrected chi connectivity index (χ3v) is 6.62. The lowest BCUT2D eigenvalue weighted by atomic mass is 10.1. The van der Waals surface area contributed by atoms with Crippen LogP contribution >= 0.6 is 0 Å². The number of pyridine rings is 1. The molecule has 150 valence electrons. The monoisotopic (exact) mass is 408 g/mol. The van der Waals surface area contributed by atoms with Crippen molar-refractivity contribution in [3.63, 3.8) is 0 Å². The molecule has 0 spiro atoms. The molecule has 2 N–H and O–H groups in total. The van der Waals surface area contributed by atoms with Crippen LogP contribution < -0.4 is 5.73 Å². The number of ketones is 1. The summed E-state index contributed by atoms with van der Waals surface area (Å²) < 4.78 is 26.4. The van der Waals surface area contributed by atoms with Crippen molar-refractivity contribution in [3.8, 4) is 0 Å². The maximum absolute atomic E-state index is 12.8. The van der Waals surface area contributed by atoms with Crippen molar-refractivity contribution < 1.29 is 27.6 Å². The van der Waals surface area contributed by atoms with Gasteiger partial charge in [0.1, 0.15) is 11.7 Å². The third-order valence-electron chi connectivity index (χ3n) is 4.93. The molecule has 2 unspecified atom stereocenters. The van der Waals surface area contributed by atoms with Crippen molar-refractivity contribution in [2.75, 3.05) is 13.1 Å². The number of likely N-dealkylation sites (tertiary alicyclic amines) is 1. The quantitative estimate of drug-likeness (QED) is 0.639. The Kier molecular flexibility index (Phi) is 5.57. The van der Waals surface area contributed by atoms with Crippen LogP contribution in [-0.2, 0) is 24.4 Å². The summed E-state index contributed by atoms with van der Waals surface area (Å²) in [5, 5.41) is -1.17. The maximum Gasteiger partial charge on any atom is 0.310 e. The van der Waals surface area contributed by atoms with Gasteiger partial charge in [0.15, 0.2) is 5.78 Å². The number of hydrogen-bond acceptors (Lipinski definition) is 7. The van der Waals surface area contributed by atoms with E-state index < -0.39 is 45.5 Å². The van der Waals surface area contributed by atoms with Crippen LogP contribution in [0.4, 0.5) is 0 Å². The van der Waals surface area contributed by atoms with Gasteiger partial charge >= 0.3 is 5.12 Å². The van der Waals surface area contributed by atoms with Gasteiger partial charge in [-0.1, -0.05) is 6.07 Å². The molecule has 2 saturated heterocycles. The largest absolute Gasteiger partial charge is 0.370 e. The Morgan fingerprint density at radius 1 is 1.21 bits per heavy atom. The van der Waals surface area contributed by atoms with Crippen LogP contribution in [0, 0.1) is 0 Å². The lowest BCUT2D eigenvalue weighted by molar-refractivity contribution is -0.136. The molecule has 0 aliphatic carbocycles. The molecular weight excluding hydrogens is 388 g/mol. The molecule has 3 heterocycles. The smallest absolute Gasteiger partial charge is 0.310 e. The van der Waals surface area contributed by atoms with E-state index in [1.54, 1.807) is 6.07 Å². The predicted octanol–water partition coefficient (Wildman–Crippen LogP) is -0.939. The van der Waals surface area contributed by atoms with Crippen molar-refractivity contribution >= 4 is 32.7 Å². The van der Waals surface area contributed by atoms with E-state index in [2.05, 4.69) is 4.98 Å². The zero-order chi connectivity index (χ0) is 20.5. The van der Waals surface area contributed by atoms with Crippen molar-refractivity contribution in [1.82, 2.24) is 14.2 Å². The first kappa shape index (κ1) is 20.1. The first-order chi connectivity index (χ1) is 13.2. The molecule has 0 aromatic carbocycles. The molecule has 2 aliphatic heterocycles. The molecule has 2 amide bonds. The van der Waals surface area contributed by atoms with E-state index in [-0.39, 0.29) is 43.8 Å². The van der Waals surface area contributed by atoms with E-state index in [1.807, 2.05) is 0 Å². The van der Waals surface area contributed by atoms with Crippen molar-refractivity contribution in [2.45, 2.75) is 37.8 Å². The number of nitrogens with zero attached hydrogens (tertiary/aromatic N) is 3. The number of sulfonamides is 1. The Labute approximate surface area is 161 Å². The second kappa shape index (κ2) is 7.76. The number of carbonyl (C=O) groups is 4. The van der Waals surface area contributed by atoms with E-state index >= 15 is 0 Å². The minimum Gasteiger partial charge on any atom is -0.370 e. The normalized spacial score (nSPS) is 22.3. The van der Waals surface area contributed by atoms with Gasteiger partial charge in [-0.15, -0.1) is 0 Å². The highest BCUT2D eigenvalue weighted by Crippen LogP contribution is 2.33. The highest BCUT2D eigenvalue weighted by Gasteiger charge is 2.54. The maximum atomic E-state index is 12.8. The summed E-state index contributed by atoms with van der Waals surface area (Å²) in [5.41, 5.74) is 4.83. The average molecular weight is 408 g/mol. The molecule has 0 bridgehead atoms. The van der Waals surface area contributed by atoms with E-state index in [1.165, 1.54) is 23.2 Å². The SMILES string of the molecule is NC(=O)CCCC(=O)N1CCC2C1C(=O)CN2S(=O)(=O)C(=O)c1ccccn1. The molecule has 0 saturated carbocycles. The number of primary amides is 1. The van der Waals surface area contributed by atoms with Crippen LogP contribution in [0.5, 0.6) is 0 Å². The number of aromatic nitrogens is 1. The van der Waals surface area contributed by atoms with Gasteiger partial charge in [-0.05, 0) is 25.0 Å². The van der Waals surface area contributed by atoms with Crippen LogP contribution in [0.15, 0.2) is 24.4 Å². The number of amides is 2. The summed E-state index contributed by atoms with van der Waals surface area (Å²) in [6, 6.07) is 2.66. The summed E-state index contributed by atoms with van der Waals surface area (Å²) in [4.78, 5) is 53.2. The van der Waals surface area contributed by atoms with Crippen LogP contribution in [-0.4, -0.2) is 70.5 Å². The summed E-state index contributed by atoms with van der Waals surface area (Å²) in [7, 11) is -4.44. The number of Topliss-reactive ketones (excluding diaryl/α,β-unsaturated/α-hetero) is 1. The topological polar surface area (TPSA) is 148 Å². The summed E-state index contributed by atoms with van der Waals surface area (Å²) >= 11 is 0. The van der Waals surface area contributed by atoms with Gasteiger partial charge in [0.25, 0.3) is 10.0 Å². The Morgan fingerprint density at radius 2 is 1.96 bits per heavy atom. The minimum atomic E-state index is -4.44. The average Bonchev–Trinajstić information content (AvgIpc) is 3.23. The molecule has 10 nitrogen and oxygen atoms in total. The summed E-state index contributed by atoms with van der Waals surface area (Å²) in [6.07, 6.45) is 1.92. The predicted molar refractivity (Wildman–Crippen MR) is 96.2 cm³/mol. The molecule has 0 radical (unpaired) electrons. The first-order valence-electron chi connectivity index (χ1n) is 8.81. The number of fused-ring (bicyclic) bond motifs is 1. The van der Waals surface area contributed by atoms with Gasteiger partial charge < -0.3 is 10.6 Å². The first-order valence-corrected chi connectivity index (χ1v) is 10.2. The van der Waals surface area contributed by atoms with E-state index in [0.29, 0.717) is 0 Å². The molecule has 1 aromatic rings. The van der Waals surface area contributed by atoms with E-state index in [0.717, 1.165) is 4.31 Å². The molecule has 2 atom stereocenters. The van der Waals surface area contributed by atoms with Gasteiger partial charge in [0, 0.05) is 25.6 Å². The second-order valence-electron chi connectivity index (χ2n) is 6.73. The van der Waals surface area contributed by atoms with Gasteiger partial charge in [-0.2, -0.15) is 4.31 Å². The number of carbonyl (C=O) groups excluding carboxylic acids is 4. The van der Waals surface area contributed by atoms with Crippen LogP contribution in [0.3, 0.4) is 0 Å². The number of rotatable bonds is 6. The Bertz CT molecular complexity index is 917. The number of hydrogen-bond donors (Lipinski definition) is 1. The Hall–Kier alpha value is -2.66. The minimum absolute atomic E-state index is 0.0407. The van der Waals surface area contributed by atoms with Gasteiger partial charge in [-0.25, -0.2) is 8.42 Å². The fourth-order valence-corrected chi connectivity index (χ4v) is 5.13. The van der Waals surface area contributed by atoms with E-state index in [9.17, 15) is 27.6 Å². The summed E-state index contributed by atoms with van der Waals surface area (Å²) in [5.74, 6) is -1.28. The molecule has 28 heavy (non-hydrogen) atoms. The fourth-order valence-electron chi connectivity index (χ4n) is 3.65. The number of nitrogens with two attached hydrogens (primary N) is 1. The standard InChI is InChI=1S/C17H20N4O6S/c18-14(23)5-3-6-15(24)20-9-7-12-16(20)13(22)10-21(12)28(26,27)17(25)11-4-1-2-8-19-11/h1-2,4,8,12,16H,3,5-7,9-10H2,(H2,18,23). The Balaban J connectivity index is 1.75. The van der Waals surface area contributed by atoms with Crippen LogP contribution in [0.1, 0.15) is 36.2 Å². The fraction of sp³-hybridized carbons (Fsp3) is 0.471. The zero-order valence-electron chi connectivity index (χ0n) is 15.0. The van der Waals surface area contributed by atoms with Gasteiger partial charge in [0.2, 0.25) is 11.8 Å². The highest BCUT2D eigenvalue weighted by molar-refractivity contribution is 8.04. The van der Waals surface area contributed by atoms with E-state index in [4.69, 9.17) is 5.73 Å². The van der Waals surface area contributed by atoms with Crippen molar-refractivity contribution in [2.24, 2.45) is 5.73 Å². The van der Waals surface area contributed by atoms with Crippen LogP contribution in [0.25, 0.3) is 0 Å². The third kappa shape index (κ3) is 3.67. The van der Waals surface area contributed by atoms with Gasteiger partial charge in [-0.3, -0.25) is 24.2 Å². The lowest BCUT2D eigenvalue weighted by Gasteiger charge is -2.23. The molecule has 1 aromatic heterocycles. The molecule has 2 aliphatic rings. The molecule has 2 fully saturated rings. The second-order valence-corrected chi connectivity index (χ2v) is 8.52. The van der Waals surface area contributed by atoms with Gasteiger partial charge in [0.05, 0.1) is 12.6 Å². The molecule has 3 rings (SSSR count). The highest BCUT2D eigenvalue weighted by atomic mass is 32.2. The lowest BCUT2D eigenvalue weighted by Crippen LogP contribution is -2.44. The molecule has 11 heteroatoms. The van der Waals surface area contributed by atoms with Crippen LogP contribution in [0.2, 0.25) is 0 Å². The van der Waals surface area contributed by atoms with Crippen molar-refractivity contribution in [1.29, 1.82) is 0 Å². The summed E-state index contributed by atoms with van der Waals surface area (Å²) in [6.45, 7) is -0.248. The Morgan fingerprint density at radius 3 is 2.61 bits per heavy atom.